The van der Waals surface area contributed by atoms with E-state index in [4.69, 9.17) is 0 Å². The van der Waals surface area contributed by atoms with Crippen LogP contribution in [0, 0.1) is 5.92 Å². The zero-order valence-corrected chi connectivity index (χ0v) is 10.4. The third-order valence-corrected chi connectivity index (χ3v) is 4.01. The first-order valence-electron chi connectivity index (χ1n) is 6.83. The fourth-order valence-corrected chi connectivity index (χ4v) is 3.01. The van der Waals surface area contributed by atoms with E-state index in [1.54, 1.807) is 0 Å². The zero-order valence-electron chi connectivity index (χ0n) is 10.4. The van der Waals surface area contributed by atoms with Crippen LogP contribution >= 0.6 is 0 Å². The first-order chi connectivity index (χ1) is 7.83. The summed E-state index contributed by atoms with van der Waals surface area (Å²) in [6, 6.07) is 0.513. The van der Waals surface area contributed by atoms with Gasteiger partial charge in [-0.2, -0.15) is 0 Å². The van der Waals surface area contributed by atoms with E-state index in [1.807, 2.05) is 0 Å². The highest BCUT2D eigenvalue weighted by Crippen LogP contribution is 2.27. The highest BCUT2D eigenvalue weighted by molar-refractivity contribution is 5.77. The molecule has 2 fully saturated rings. The highest BCUT2D eigenvalue weighted by atomic mass is 16.2. The lowest BCUT2D eigenvalue weighted by atomic mass is 10.0. The standard InChI is InChI=1S/C13H24N2O/c1-2-3-4-5-6-13(16)15-8-7-11-9-14-10-12(11)15/h11-12,14H,2-10H2,1H3/t11-,12+/m0/s1. The molecule has 0 unspecified atom stereocenters. The summed E-state index contributed by atoms with van der Waals surface area (Å²) in [5, 5.41) is 3.39. The van der Waals surface area contributed by atoms with Gasteiger partial charge in [0.25, 0.3) is 0 Å². The van der Waals surface area contributed by atoms with Gasteiger partial charge in [0, 0.05) is 32.1 Å². The molecule has 2 heterocycles. The first-order valence-corrected chi connectivity index (χ1v) is 6.83. The Balaban J connectivity index is 1.72. The molecule has 2 atom stereocenters. The molecular weight excluding hydrogens is 200 g/mol. The number of carbonyl (C=O) groups excluding carboxylic acids is 1. The van der Waals surface area contributed by atoms with Crippen molar-refractivity contribution >= 4 is 5.91 Å². The van der Waals surface area contributed by atoms with Crippen molar-refractivity contribution in [2.45, 2.75) is 51.5 Å². The molecule has 0 saturated carbocycles. The summed E-state index contributed by atoms with van der Waals surface area (Å²) in [7, 11) is 0. The maximum absolute atomic E-state index is 12.0. The maximum Gasteiger partial charge on any atom is 0.222 e. The maximum atomic E-state index is 12.0. The average Bonchev–Trinajstić information content (AvgIpc) is 2.85. The largest absolute Gasteiger partial charge is 0.338 e. The van der Waals surface area contributed by atoms with Crippen LogP contribution in [0.2, 0.25) is 0 Å². The van der Waals surface area contributed by atoms with E-state index in [1.165, 1.54) is 25.7 Å². The van der Waals surface area contributed by atoms with E-state index in [0.717, 1.165) is 38.4 Å². The van der Waals surface area contributed by atoms with Gasteiger partial charge in [0.1, 0.15) is 0 Å². The number of likely N-dealkylation sites (tertiary alicyclic amines) is 1. The van der Waals surface area contributed by atoms with E-state index in [9.17, 15) is 4.79 Å². The van der Waals surface area contributed by atoms with Crippen molar-refractivity contribution in [2.24, 2.45) is 5.92 Å². The van der Waals surface area contributed by atoms with Crippen LogP contribution in [0.5, 0.6) is 0 Å². The van der Waals surface area contributed by atoms with E-state index in [0.29, 0.717) is 11.9 Å². The number of rotatable bonds is 5. The second kappa shape index (κ2) is 5.67. The number of unbranched alkanes of at least 4 members (excludes halogenated alkanes) is 3. The van der Waals surface area contributed by atoms with Gasteiger partial charge in [-0.25, -0.2) is 0 Å². The molecule has 3 nitrogen and oxygen atoms in total. The Hall–Kier alpha value is -0.570. The lowest BCUT2D eigenvalue weighted by Gasteiger charge is -2.23. The molecular formula is C13H24N2O. The molecule has 0 aromatic heterocycles. The van der Waals surface area contributed by atoms with Gasteiger partial charge in [-0.3, -0.25) is 4.79 Å². The topological polar surface area (TPSA) is 32.3 Å². The molecule has 2 saturated heterocycles. The third-order valence-electron chi connectivity index (χ3n) is 4.01. The number of hydrogen-bond acceptors (Lipinski definition) is 2. The number of carbonyl (C=O) groups is 1. The predicted molar refractivity (Wildman–Crippen MR) is 65.2 cm³/mol. The van der Waals surface area contributed by atoms with Gasteiger partial charge in [0.15, 0.2) is 0 Å². The summed E-state index contributed by atoms with van der Waals surface area (Å²) in [6.45, 7) is 5.34. The summed E-state index contributed by atoms with van der Waals surface area (Å²) < 4.78 is 0. The van der Waals surface area contributed by atoms with Crippen LogP contribution in [0.4, 0.5) is 0 Å². The predicted octanol–water partition coefficient (Wildman–Crippen LogP) is 1.78. The molecule has 3 heteroatoms. The van der Waals surface area contributed by atoms with Gasteiger partial charge in [-0.05, 0) is 18.8 Å². The van der Waals surface area contributed by atoms with Crippen LogP contribution < -0.4 is 5.32 Å². The van der Waals surface area contributed by atoms with Crippen LogP contribution in [0.25, 0.3) is 0 Å². The Kier molecular flexibility index (Phi) is 4.22. The van der Waals surface area contributed by atoms with Crippen LogP contribution in [-0.2, 0) is 4.79 Å². The van der Waals surface area contributed by atoms with Crippen molar-refractivity contribution in [1.29, 1.82) is 0 Å². The smallest absolute Gasteiger partial charge is 0.222 e. The molecule has 0 aliphatic carbocycles. The van der Waals surface area contributed by atoms with E-state index < -0.39 is 0 Å². The van der Waals surface area contributed by atoms with Crippen molar-refractivity contribution in [3.05, 3.63) is 0 Å². The molecule has 0 aromatic rings. The highest BCUT2D eigenvalue weighted by Gasteiger charge is 2.39. The Labute approximate surface area is 98.6 Å². The molecule has 16 heavy (non-hydrogen) atoms. The minimum absolute atomic E-state index is 0.396. The van der Waals surface area contributed by atoms with Crippen LogP contribution in [0.15, 0.2) is 0 Å². The Morgan fingerprint density at radius 1 is 1.31 bits per heavy atom. The molecule has 0 spiro atoms. The number of nitrogens with one attached hydrogen (secondary N) is 1. The first kappa shape index (κ1) is 11.9. The lowest BCUT2D eigenvalue weighted by Crippen LogP contribution is -2.38. The van der Waals surface area contributed by atoms with Crippen molar-refractivity contribution in [3.8, 4) is 0 Å². The van der Waals surface area contributed by atoms with E-state index in [-0.39, 0.29) is 0 Å². The van der Waals surface area contributed by atoms with Gasteiger partial charge in [-0.15, -0.1) is 0 Å². The zero-order chi connectivity index (χ0) is 11.4. The normalized spacial score (nSPS) is 28.4. The average molecular weight is 224 g/mol. The molecule has 0 aromatic carbocycles. The molecule has 1 N–H and O–H groups in total. The molecule has 0 radical (unpaired) electrons. The number of fused-ring (bicyclic) bond motifs is 1. The summed E-state index contributed by atoms with van der Waals surface area (Å²) >= 11 is 0. The fourth-order valence-electron chi connectivity index (χ4n) is 3.01. The van der Waals surface area contributed by atoms with Crippen LogP contribution in [0.3, 0.4) is 0 Å². The van der Waals surface area contributed by atoms with Crippen molar-refractivity contribution in [1.82, 2.24) is 10.2 Å². The van der Waals surface area contributed by atoms with Gasteiger partial charge >= 0.3 is 0 Å². The van der Waals surface area contributed by atoms with E-state index >= 15 is 0 Å². The number of amides is 1. The molecule has 0 bridgehead atoms. The van der Waals surface area contributed by atoms with E-state index in [2.05, 4.69) is 17.1 Å². The number of nitrogens with zero attached hydrogens (tertiary/aromatic N) is 1. The van der Waals surface area contributed by atoms with Crippen LogP contribution in [-0.4, -0.2) is 36.5 Å². The summed E-state index contributed by atoms with van der Waals surface area (Å²) in [4.78, 5) is 14.2. The Morgan fingerprint density at radius 2 is 2.19 bits per heavy atom. The molecule has 1 amide bonds. The quantitative estimate of drug-likeness (QED) is 0.722. The molecule has 2 rings (SSSR count). The monoisotopic (exact) mass is 224 g/mol. The summed E-state index contributed by atoms with van der Waals surface area (Å²) in [5.74, 6) is 1.13. The van der Waals surface area contributed by atoms with Gasteiger partial charge in [0.2, 0.25) is 5.91 Å². The second-order valence-electron chi connectivity index (χ2n) is 5.17. The molecule has 2 aliphatic rings. The fraction of sp³-hybridized carbons (Fsp3) is 0.923. The SMILES string of the molecule is CCCCCCC(=O)N1CC[C@H]2CNC[C@H]21. The molecule has 2 aliphatic heterocycles. The molecule has 92 valence electrons. The minimum atomic E-state index is 0.396. The van der Waals surface area contributed by atoms with Gasteiger partial charge < -0.3 is 10.2 Å². The Bertz CT molecular complexity index is 242. The van der Waals surface area contributed by atoms with Crippen molar-refractivity contribution in [3.63, 3.8) is 0 Å². The lowest BCUT2D eigenvalue weighted by molar-refractivity contribution is -0.132. The van der Waals surface area contributed by atoms with Crippen molar-refractivity contribution in [2.75, 3.05) is 19.6 Å². The number of hydrogen-bond donors (Lipinski definition) is 1. The van der Waals surface area contributed by atoms with Gasteiger partial charge in [-0.1, -0.05) is 26.2 Å². The van der Waals surface area contributed by atoms with Gasteiger partial charge in [0.05, 0.1) is 0 Å². The van der Waals surface area contributed by atoms with Crippen LogP contribution in [0.1, 0.15) is 45.4 Å². The summed E-state index contributed by atoms with van der Waals surface area (Å²) in [6.07, 6.45) is 6.77. The second-order valence-corrected chi connectivity index (χ2v) is 5.17. The third kappa shape index (κ3) is 2.57. The van der Waals surface area contributed by atoms with Crippen molar-refractivity contribution < 1.29 is 4.79 Å². The minimum Gasteiger partial charge on any atom is -0.338 e. The Morgan fingerprint density at radius 3 is 3.00 bits per heavy atom. The summed E-state index contributed by atoms with van der Waals surface area (Å²) in [5.41, 5.74) is 0.